The quantitative estimate of drug-likeness (QED) is 0.793. The fourth-order valence-electron chi connectivity index (χ4n) is 1.71. The van der Waals surface area contributed by atoms with Gasteiger partial charge in [-0.3, -0.25) is 4.79 Å². The maximum atomic E-state index is 12.9. The largest absolute Gasteiger partial charge is 0.344 e. The molecule has 0 aromatic heterocycles. The second kappa shape index (κ2) is 5.31. The van der Waals surface area contributed by atoms with E-state index in [-0.39, 0.29) is 5.82 Å². The van der Waals surface area contributed by atoms with Gasteiger partial charge in [-0.25, -0.2) is 4.39 Å². The molecule has 2 aromatic rings. The minimum Gasteiger partial charge on any atom is -0.344 e. The van der Waals surface area contributed by atoms with Gasteiger partial charge in [0.2, 0.25) is 0 Å². The van der Waals surface area contributed by atoms with Gasteiger partial charge < -0.3 is 4.90 Å². The Balaban J connectivity index is 2.44. The fourth-order valence-corrected chi connectivity index (χ4v) is 2.06. The molecule has 0 aliphatic carbocycles. The molecule has 2 nitrogen and oxygen atoms in total. The van der Waals surface area contributed by atoms with Crippen LogP contribution in [0.25, 0.3) is 0 Å². The van der Waals surface area contributed by atoms with Crippen LogP contribution >= 0.6 is 15.9 Å². The molecule has 2 rings (SSSR count). The van der Waals surface area contributed by atoms with Gasteiger partial charge in [0.05, 0.1) is 5.69 Å². The highest BCUT2D eigenvalue weighted by atomic mass is 79.9. The molecule has 0 N–H and O–H groups in total. The minimum absolute atomic E-state index is 0.281. The number of rotatable bonds is 3. The lowest BCUT2D eigenvalue weighted by Gasteiger charge is -2.21. The molecule has 0 aliphatic rings. The molecule has 0 radical (unpaired) electrons. The van der Waals surface area contributed by atoms with E-state index in [1.165, 1.54) is 12.1 Å². The number of benzene rings is 2. The van der Waals surface area contributed by atoms with E-state index in [4.69, 9.17) is 0 Å². The molecule has 0 fully saturated rings. The average molecular weight is 308 g/mol. The predicted molar refractivity (Wildman–Crippen MR) is 74.0 cm³/mol. The number of carbonyl (C=O) groups excluding carboxylic acids is 1. The van der Waals surface area contributed by atoms with Crippen molar-refractivity contribution >= 4 is 33.6 Å². The molecule has 0 saturated carbocycles. The van der Waals surface area contributed by atoms with Gasteiger partial charge in [0.25, 0.3) is 0 Å². The van der Waals surface area contributed by atoms with E-state index in [9.17, 15) is 9.18 Å². The lowest BCUT2D eigenvalue weighted by atomic mass is 10.1. The predicted octanol–water partition coefficient (Wildman–Crippen LogP) is 4.17. The summed E-state index contributed by atoms with van der Waals surface area (Å²) in [4.78, 5) is 12.9. The Morgan fingerprint density at radius 3 is 2.44 bits per heavy atom. The molecule has 4 heteroatoms. The highest BCUT2D eigenvalue weighted by Crippen LogP contribution is 2.29. The SMILES string of the molecule is CN(c1ccc(F)cc1)c1cc(Br)ccc1C=O. The van der Waals surface area contributed by atoms with Crippen LogP contribution in [-0.2, 0) is 0 Å². The number of aldehydes is 1. The summed E-state index contributed by atoms with van der Waals surface area (Å²) in [6.45, 7) is 0. The van der Waals surface area contributed by atoms with Crippen molar-refractivity contribution in [2.45, 2.75) is 0 Å². The van der Waals surface area contributed by atoms with Crippen LogP contribution < -0.4 is 4.90 Å². The smallest absolute Gasteiger partial charge is 0.152 e. The van der Waals surface area contributed by atoms with Crippen LogP contribution in [0.5, 0.6) is 0 Å². The van der Waals surface area contributed by atoms with Crippen LogP contribution in [0.4, 0.5) is 15.8 Å². The Kier molecular flexibility index (Phi) is 3.77. The molecule has 0 spiro atoms. The summed E-state index contributed by atoms with van der Waals surface area (Å²) in [5, 5.41) is 0. The number of hydrogen-bond donors (Lipinski definition) is 0. The lowest BCUT2D eigenvalue weighted by Crippen LogP contribution is -2.11. The normalized spacial score (nSPS) is 10.2. The fraction of sp³-hybridized carbons (Fsp3) is 0.0714. The molecule has 0 unspecified atom stereocenters. The molecule has 2 aromatic carbocycles. The number of carbonyl (C=O) groups is 1. The zero-order chi connectivity index (χ0) is 13.1. The van der Waals surface area contributed by atoms with Gasteiger partial charge in [-0.1, -0.05) is 15.9 Å². The van der Waals surface area contributed by atoms with Crippen molar-refractivity contribution in [3.05, 3.63) is 58.3 Å². The molecular formula is C14H11BrFNO. The summed E-state index contributed by atoms with van der Waals surface area (Å²) < 4.78 is 13.8. The van der Waals surface area contributed by atoms with Crippen LogP contribution in [0.15, 0.2) is 46.9 Å². The average Bonchev–Trinajstić information content (AvgIpc) is 2.39. The number of anilines is 2. The van der Waals surface area contributed by atoms with Crippen LogP contribution in [0, 0.1) is 5.82 Å². The monoisotopic (exact) mass is 307 g/mol. The molecule has 0 amide bonds. The molecule has 92 valence electrons. The van der Waals surface area contributed by atoms with Crippen LogP contribution in [0.2, 0.25) is 0 Å². The third-order valence-corrected chi connectivity index (χ3v) is 3.19. The van der Waals surface area contributed by atoms with E-state index < -0.39 is 0 Å². The third kappa shape index (κ3) is 2.59. The molecule has 0 aliphatic heterocycles. The Hall–Kier alpha value is -1.68. The van der Waals surface area contributed by atoms with Gasteiger partial charge in [-0.2, -0.15) is 0 Å². The molecular weight excluding hydrogens is 297 g/mol. The van der Waals surface area contributed by atoms with Crippen molar-refractivity contribution in [1.29, 1.82) is 0 Å². The van der Waals surface area contributed by atoms with Crippen LogP contribution in [0.3, 0.4) is 0 Å². The Bertz CT molecular complexity index is 569. The molecule has 18 heavy (non-hydrogen) atoms. The maximum Gasteiger partial charge on any atom is 0.152 e. The number of hydrogen-bond acceptors (Lipinski definition) is 2. The van der Waals surface area contributed by atoms with E-state index in [0.717, 1.165) is 22.1 Å². The number of halogens is 2. The van der Waals surface area contributed by atoms with Crippen molar-refractivity contribution < 1.29 is 9.18 Å². The summed E-state index contributed by atoms with van der Waals surface area (Å²) in [5.74, 6) is -0.281. The summed E-state index contributed by atoms with van der Waals surface area (Å²) in [6, 6.07) is 11.5. The Labute approximate surface area is 113 Å². The van der Waals surface area contributed by atoms with E-state index in [1.807, 2.05) is 24.1 Å². The summed E-state index contributed by atoms with van der Waals surface area (Å²) in [5.41, 5.74) is 2.17. The van der Waals surface area contributed by atoms with Gasteiger partial charge in [0, 0.05) is 22.8 Å². The zero-order valence-corrected chi connectivity index (χ0v) is 11.3. The first-order chi connectivity index (χ1) is 8.61. The van der Waals surface area contributed by atoms with Gasteiger partial charge in [0.1, 0.15) is 5.82 Å². The summed E-state index contributed by atoms with van der Waals surface area (Å²) in [6.07, 6.45) is 0.807. The van der Waals surface area contributed by atoms with Crippen LogP contribution in [-0.4, -0.2) is 13.3 Å². The standard InChI is InChI=1S/C14H11BrFNO/c1-17(13-6-4-12(16)5-7-13)14-8-11(15)3-2-10(14)9-18/h2-9H,1H3. The summed E-state index contributed by atoms with van der Waals surface area (Å²) in [7, 11) is 1.84. The Morgan fingerprint density at radius 1 is 1.17 bits per heavy atom. The van der Waals surface area contributed by atoms with E-state index in [0.29, 0.717) is 5.56 Å². The topological polar surface area (TPSA) is 20.3 Å². The highest BCUT2D eigenvalue weighted by Gasteiger charge is 2.09. The first kappa shape index (κ1) is 12.8. The van der Waals surface area contributed by atoms with Crippen molar-refractivity contribution in [2.24, 2.45) is 0 Å². The second-order valence-corrected chi connectivity index (χ2v) is 4.77. The van der Waals surface area contributed by atoms with Crippen molar-refractivity contribution in [3.63, 3.8) is 0 Å². The molecule has 0 heterocycles. The van der Waals surface area contributed by atoms with Gasteiger partial charge in [-0.05, 0) is 42.5 Å². The minimum atomic E-state index is -0.281. The van der Waals surface area contributed by atoms with E-state index >= 15 is 0 Å². The van der Waals surface area contributed by atoms with Gasteiger partial charge >= 0.3 is 0 Å². The lowest BCUT2D eigenvalue weighted by molar-refractivity contribution is 0.112. The van der Waals surface area contributed by atoms with Crippen LogP contribution in [0.1, 0.15) is 10.4 Å². The molecule has 0 atom stereocenters. The second-order valence-electron chi connectivity index (χ2n) is 3.86. The molecule has 0 bridgehead atoms. The first-order valence-electron chi connectivity index (χ1n) is 5.36. The summed E-state index contributed by atoms with van der Waals surface area (Å²) >= 11 is 3.38. The van der Waals surface area contributed by atoms with Gasteiger partial charge in [-0.15, -0.1) is 0 Å². The van der Waals surface area contributed by atoms with Crippen molar-refractivity contribution in [3.8, 4) is 0 Å². The van der Waals surface area contributed by atoms with Gasteiger partial charge in [0.15, 0.2) is 6.29 Å². The highest BCUT2D eigenvalue weighted by molar-refractivity contribution is 9.10. The zero-order valence-electron chi connectivity index (χ0n) is 9.73. The van der Waals surface area contributed by atoms with E-state index in [2.05, 4.69) is 15.9 Å². The third-order valence-electron chi connectivity index (χ3n) is 2.69. The van der Waals surface area contributed by atoms with E-state index in [1.54, 1.807) is 18.2 Å². The molecule has 0 saturated heterocycles. The Morgan fingerprint density at radius 2 is 1.83 bits per heavy atom. The number of nitrogens with zero attached hydrogens (tertiary/aromatic N) is 1. The van der Waals surface area contributed by atoms with Crippen molar-refractivity contribution in [1.82, 2.24) is 0 Å². The first-order valence-corrected chi connectivity index (χ1v) is 6.15. The maximum absolute atomic E-state index is 12.9. The van der Waals surface area contributed by atoms with Crippen molar-refractivity contribution in [2.75, 3.05) is 11.9 Å².